The Morgan fingerprint density at radius 1 is 1.35 bits per heavy atom. The lowest BCUT2D eigenvalue weighted by atomic mass is 10.0. The molecule has 1 N–H and O–H groups in total. The van der Waals surface area contributed by atoms with Crippen molar-refractivity contribution in [3.8, 4) is 0 Å². The van der Waals surface area contributed by atoms with Crippen LogP contribution in [0.1, 0.15) is 40.5 Å². The third-order valence-corrected chi connectivity index (χ3v) is 3.90. The molecule has 1 aliphatic carbocycles. The quantitative estimate of drug-likeness (QED) is 0.791. The standard InChI is InChI=1S/C14H23NO5/c1-5-19-11(17)9-6-14(8-16)7-10(14)15(9)12(18)20-13(2,3)4/h9-10,16H,5-8H2,1-4H3/t9?,10?,14-/m1/s1. The highest BCUT2D eigenvalue weighted by Gasteiger charge is 2.68. The van der Waals surface area contributed by atoms with Crippen molar-refractivity contribution in [1.82, 2.24) is 4.90 Å². The number of hydrogen-bond donors (Lipinski definition) is 1. The van der Waals surface area contributed by atoms with Gasteiger partial charge in [0.2, 0.25) is 0 Å². The van der Waals surface area contributed by atoms with E-state index >= 15 is 0 Å². The minimum absolute atomic E-state index is 0.0210. The van der Waals surface area contributed by atoms with Crippen molar-refractivity contribution in [3.05, 3.63) is 0 Å². The van der Waals surface area contributed by atoms with Gasteiger partial charge in [0.15, 0.2) is 0 Å². The third-order valence-electron chi connectivity index (χ3n) is 3.90. The average molecular weight is 285 g/mol. The van der Waals surface area contributed by atoms with E-state index in [1.165, 1.54) is 4.90 Å². The summed E-state index contributed by atoms with van der Waals surface area (Å²) >= 11 is 0. The molecule has 0 aromatic heterocycles. The van der Waals surface area contributed by atoms with Gasteiger partial charge in [-0.05, 0) is 40.5 Å². The number of esters is 1. The molecule has 1 heterocycles. The predicted molar refractivity (Wildman–Crippen MR) is 71.0 cm³/mol. The van der Waals surface area contributed by atoms with E-state index in [1.807, 2.05) is 0 Å². The fourth-order valence-corrected chi connectivity index (χ4v) is 2.88. The molecule has 1 aliphatic heterocycles. The molecule has 1 saturated heterocycles. The van der Waals surface area contributed by atoms with Crippen LogP contribution in [0.15, 0.2) is 0 Å². The van der Waals surface area contributed by atoms with Crippen LogP contribution in [0.3, 0.4) is 0 Å². The normalized spacial score (nSPS) is 31.8. The fraction of sp³-hybridized carbons (Fsp3) is 0.857. The molecule has 1 amide bonds. The average Bonchev–Trinajstić information content (AvgIpc) is 2.93. The Morgan fingerprint density at radius 2 is 2.00 bits per heavy atom. The van der Waals surface area contributed by atoms with E-state index in [1.54, 1.807) is 27.7 Å². The number of ether oxygens (including phenoxy) is 2. The van der Waals surface area contributed by atoms with Gasteiger partial charge in [-0.15, -0.1) is 0 Å². The predicted octanol–water partition coefficient (Wildman–Crippen LogP) is 1.31. The van der Waals surface area contributed by atoms with Crippen LogP contribution >= 0.6 is 0 Å². The number of aliphatic hydroxyl groups excluding tert-OH is 1. The number of hydrogen-bond acceptors (Lipinski definition) is 5. The second-order valence-corrected chi connectivity index (χ2v) is 6.60. The zero-order valence-electron chi connectivity index (χ0n) is 12.5. The molecule has 0 spiro atoms. The number of fused-ring (bicyclic) bond motifs is 1. The van der Waals surface area contributed by atoms with Crippen LogP contribution in [0.25, 0.3) is 0 Å². The van der Waals surface area contributed by atoms with Crippen molar-refractivity contribution >= 4 is 12.1 Å². The van der Waals surface area contributed by atoms with Gasteiger partial charge in [-0.1, -0.05) is 0 Å². The van der Waals surface area contributed by atoms with E-state index in [0.29, 0.717) is 6.42 Å². The van der Waals surface area contributed by atoms with Gasteiger partial charge >= 0.3 is 12.1 Å². The van der Waals surface area contributed by atoms with Gasteiger partial charge in [-0.25, -0.2) is 9.59 Å². The highest BCUT2D eigenvalue weighted by molar-refractivity contribution is 5.83. The Balaban J connectivity index is 2.15. The minimum Gasteiger partial charge on any atom is -0.464 e. The van der Waals surface area contributed by atoms with Gasteiger partial charge < -0.3 is 14.6 Å². The molecule has 0 radical (unpaired) electrons. The van der Waals surface area contributed by atoms with Crippen LogP contribution in [-0.2, 0) is 14.3 Å². The summed E-state index contributed by atoms with van der Waals surface area (Å²) < 4.78 is 10.4. The number of rotatable bonds is 3. The SMILES string of the molecule is CCOC(=O)C1C[C@]2(CO)CC2N1C(=O)OC(C)(C)C. The molecule has 2 unspecified atom stereocenters. The number of carbonyl (C=O) groups excluding carboxylic acids is 2. The summed E-state index contributed by atoms with van der Waals surface area (Å²) in [7, 11) is 0. The lowest BCUT2D eigenvalue weighted by Gasteiger charge is -2.29. The van der Waals surface area contributed by atoms with E-state index in [2.05, 4.69) is 0 Å². The van der Waals surface area contributed by atoms with Crippen LogP contribution in [0, 0.1) is 5.41 Å². The molecule has 2 aliphatic rings. The Hall–Kier alpha value is -1.30. The molecule has 0 bridgehead atoms. The van der Waals surface area contributed by atoms with Crippen LogP contribution < -0.4 is 0 Å². The van der Waals surface area contributed by atoms with E-state index in [4.69, 9.17) is 9.47 Å². The van der Waals surface area contributed by atoms with Gasteiger partial charge in [0.1, 0.15) is 11.6 Å². The maximum atomic E-state index is 12.3. The summed E-state index contributed by atoms with van der Waals surface area (Å²) in [6.07, 6.45) is 0.665. The number of aliphatic hydroxyl groups is 1. The Labute approximate surface area is 119 Å². The maximum Gasteiger partial charge on any atom is 0.411 e. The molecule has 6 nitrogen and oxygen atoms in total. The lowest BCUT2D eigenvalue weighted by Crippen LogP contribution is -2.46. The number of nitrogens with zero attached hydrogens (tertiary/aromatic N) is 1. The summed E-state index contributed by atoms with van der Waals surface area (Å²) in [5, 5.41) is 9.50. The summed E-state index contributed by atoms with van der Waals surface area (Å²) in [4.78, 5) is 25.7. The van der Waals surface area contributed by atoms with Crippen LogP contribution in [0.2, 0.25) is 0 Å². The topological polar surface area (TPSA) is 76.1 Å². The molecule has 114 valence electrons. The van der Waals surface area contributed by atoms with E-state index in [9.17, 15) is 14.7 Å². The first-order chi connectivity index (χ1) is 9.24. The number of amides is 1. The molecular formula is C14H23NO5. The molecule has 3 atom stereocenters. The molecule has 0 aromatic rings. The zero-order valence-corrected chi connectivity index (χ0v) is 12.5. The fourth-order valence-electron chi connectivity index (χ4n) is 2.88. The van der Waals surface area contributed by atoms with Gasteiger partial charge in [-0.3, -0.25) is 4.90 Å². The first-order valence-corrected chi connectivity index (χ1v) is 7.03. The number of piperidine rings is 1. The highest BCUT2D eigenvalue weighted by Crippen LogP contribution is 2.59. The highest BCUT2D eigenvalue weighted by atomic mass is 16.6. The van der Waals surface area contributed by atoms with Crippen molar-refractivity contribution in [2.45, 2.75) is 58.2 Å². The van der Waals surface area contributed by atoms with Crippen LogP contribution in [0.4, 0.5) is 4.79 Å². The Kier molecular flexibility index (Phi) is 3.71. The van der Waals surface area contributed by atoms with E-state index < -0.39 is 23.7 Å². The largest absolute Gasteiger partial charge is 0.464 e. The molecule has 1 saturated carbocycles. The minimum atomic E-state index is -0.643. The van der Waals surface area contributed by atoms with E-state index in [-0.39, 0.29) is 24.7 Å². The van der Waals surface area contributed by atoms with Gasteiger partial charge in [0.05, 0.1) is 13.2 Å². The second-order valence-electron chi connectivity index (χ2n) is 6.60. The van der Waals surface area contributed by atoms with Crippen molar-refractivity contribution in [1.29, 1.82) is 0 Å². The van der Waals surface area contributed by atoms with Gasteiger partial charge in [0, 0.05) is 11.5 Å². The monoisotopic (exact) mass is 285 g/mol. The Morgan fingerprint density at radius 3 is 2.50 bits per heavy atom. The van der Waals surface area contributed by atoms with Crippen LogP contribution in [0.5, 0.6) is 0 Å². The molecule has 6 heteroatoms. The van der Waals surface area contributed by atoms with Gasteiger partial charge in [0.25, 0.3) is 0 Å². The van der Waals surface area contributed by atoms with Crippen molar-refractivity contribution in [3.63, 3.8) is 0 Å². The molecule has 2 rings (SSSR count). The summed E-state index contributed by atoms with van der Waals surface area (Å²) in [6, 6.07) is -0.757. The molecule has 2 fully saturated rings. The first-order valence-electron chi connectivity index (χ1n) is 7.03. The zero-order chi connectivity index (χ0) is 15.1. The molecular weight excluding hydrogens is 262 g/mol. The van der Waals surface area contributed by atoms with Crippen molar-refractivity contribution in [2.24, 2.45) is 5.41 Å². The smallest absolute Gasteiger partial charge is 0.411 e. The van der Waals surface area contributed by atoms with Gasteiger partial charge in [-0.2, -0.15) is 0 Å². The van der Waals surface area contributed by atoms with Crippen LogP contribution in [-0.4, -0.2) is 53.0 Å². The Bertz CT molecular complexity index is 416. The summed E-state index contributed by atoms with van der Waals surface area (Å²) in [5.41, 5.74) is -0.954. The third kappa shape index (κ3) is 2.61. The lowest BCUT2D eigenvalue weighted by molar-refractivity contribution is -0.149. The number of likely N-dealkylation sites (tertiary alicyclic amines) is 1. The van der Waals surface area contributed by atoms with E-state index in [0.717, 1.165) is 6.42 Å². The summed E-state index contributed by atoms with van der Waals surface area (Å²) in [5.74, 6) is -0.418. The molecule has 0 aromatic carbocycles. The number of carbonyl (C=O) groups is 2. The maximum absolute atomic E-state index is 12.3. The first kappa shape index (κ1) is 15.1. The van der Waals surface area contributed by atoms with Crippen molar-refractivity contribution in [2.75, 3.05) is 13.2 Å². The summed E-state index contributed by atoms with van der Waals surface area (Å²) in [6.45, 7) is 7.33. The second kappa shape index (κ2) is 4.91. The van der Waals surface area contributed by atoms with Crippen molar-refractivity contribution < 1.29 is 24.2 Å². The molecule has 20 heavy (non-hydrogen) atoms.